The van der Waals surface area contributed by atoms with Gasteiger partial charge in [0.15, 0.2) is 0 Å². The maximum Gasteiger partial charge on any atom is 0.256 e. The van der Waals surface area contributed by atoms with Gasteiger partial charge in [-0.25, -0.2) is 5.01 Å². The summed E-state index contributed by atoms with van der Waals surface area (Å²) in [4.78, 5) is 14.6. The Morgan fingerprint density at radius 1 is 1.26 bits per heavy atom. The molecule has 1 aromatic rings. The highest BCUT2D eigenvalue weighted by atomic mass is 16.3. The van der Waals surface area contributed by atoms with E-state index in [-0.39, 0.29) is 12.0 Å². The van der Waals surface area contributed by atoms with Crippen molar-refractivity contribution in [3.05, 3.63) is 35.9 Å². The maximum absolute atomic E-state index is 12.4. The molecule has 1 saturated heterocycles. The van der Waals surface area contributed by atoms with Gasteiger partial charge in [-0.15, -0.1) is 0 Å². The Kier molecular flexibility index (Phi) is 5.08. The molecule has 1 unspecified atom stereocenters. The van der Waals surface area contributed by atoms with Crippen molar-refractivity contribution in [3.63, 3.8) is 0 Å². The lowest BCUT2D eigenvalue weighted by Crippen LogP contribution is -2.42. The van der Waals surface area contributed by atoms with Gasteiger partial charge >= 0.3 is 0 Å². The first-order valence-electron chi connectivity index (χ1n) is 8.47. The largest absolute Gasteiger partial charge is 0.393 e. The lowest BCUT2D eigenvalue weighted by Gasteiger charge is -2.33. The fourth-order valence-corrected chi connectivity index (χ4v) is 3.34. The van der Waals surface area contributed by atoms with Crippen molar-refractivity contribution in [2.24, 2.45) is 11.0 Å². The van der Waals surface area contributed by atoms with E-state index >= 15 is 0 Å². The number of hydrazone groups is 1. The quantitative estimate of drug-likeness (QED) is 0.920. The molecule has 2 aliphatic rings. The monoisotopic (exact) mass is 315 g/mol. The lowest BCUT2D eigenvalue weighted by atomic mass is 9.92. The summed E-state index contributed by atoms with van der Waals surface area (Å²) in [6.07, 6.45) is 2.50. The number of piperidine rings is 1. The smallest absolute Gasteiger partial charge is 0.256 e. The number of carbonyl (C=O) groups is 1. The molecule has 3 rings (SSSR count). The molecule has 5 nitrogen and oxygen atoms in total. The van der Waals surface area contributed by atoms with Crippen molar-refractivity contribution < 1.29 is 9.90 Å². The molecule has 1 fully saturated rings. The minimum Gasteiger partial charge on any atom is -0.393 e. The summed E-state index contributed by atoms with van der Waals surface area (Å²) in [6.45, 7) is 4.72. The van der Waals surface area contributed by atoms with Crippen LogP contribution in [0.15, 0.2) is 35.4 Å². The number of hydrogen-bond acceptors (Lipinski definition) is 4. The number of nitrogens with zero attached hydrogens (tertiary/aromatic N) is 3. The van der Waals surface area contributed by atoms with Crippen LogP contribution in [-0.4, -0.2) is 58.9 Å². The topological polar surface area (TPSA) is 56.1 Å². The van der Waals surface area contributed by atoms with Crippen LogP contribution in [0, 0.1) is 5.92 Å². The number of aliphatic hydroxyl groups is 1. The fraction of sp³-hybridized carbons (Fsp3) is 0.556. The highest BCUT2D eigenvalue weighted by Crippen LogP contribution is 2.21. The van der Waals surface area contributed by atoms with E-state index < -0.39 is 0 Å². The van der Waals surface area contributed by atoms with Crippen molar-refractivity contribution in [2.45, 2.75) is 32.3 Å². The average Bonchev–Trinajstić information content (AvgIpc) is 3.06. The zero-order valence-corrected chi connectivity index (χ0v) is 13.7. The van der Waals surface area contributed by atoms with Crippen LogP contribution in [0.4, 0.5) is 0 Å². The Morgan fingerprint density at radius 2 is 1.96 bits per heavy atom. The number of amides is 1. The zero-order chi connectivity index (χ0) is 16.2. The molecular formula is C18H25N3O2. The van der Waals surface area contributed by atoms with Gasteiger partial charge in [0.2, 0.25) is 0 Å². The van der Waals surface area contributed by atoms with Gasteiger partial charge < -0.3 is 5.11 Å². The number of hydrogen-bond donors (Lipinski definition) is 1. The molecule has 124 valence electrons. The molecule has 0 spiro atoms. The van der Waals surface area contributed by atoms with Crippen molar-refractivity contribution in [1.82, 2.24) is 9.91 Å². The summed E-state index contributed by atoms with van der Waals surface area (Å²) in [5.74, 6) is 0.447. The Balaban J connectivity index is 1.53. The molecule has 0 bridgehead atoms. The van der Waals surface area contributed by atoms with Gasteiger partial charge in [-0.05, 0) is 44.3 Å². The van der Waals surface area contributed by atoms with Gasteiger partial charge in [0, 0.05) is 6.42 Å². The number of carbonyl (C=O) groups excluding carboxylic acids is 1. The molecule has 2 heterocycles. The van der Waals surface area contributed by atoms with Crippen LogP contribution >= 0.6 is 0 Å². The van der Waals surface area contributed by atoms with Gasteiger partial charge in [-0.3, -0.25) is 9.69 Å². The Labute approximate surface area is 137 Å². The van der Waals surface area contributed by atoms with E-state index in [1.807, 2.05) is 37.3 Å². The van der Waals surface area contributed by atoms with E-state index in [1.165, 1.54) is 0 Å². The second kappa shape index (κ2) is 7.23. The number of likely N-dealkylation sites (tertiary alicyclic amines) is 1. The summed E-state index contributed by atoms with van der Waals surface area (Å²) in [5.41, 5.74) is 2.09. The minimum absolute atomic E-state index is 0.0754. The molecule has 0 aliphatic carbocycles. The van der Waals surface area contributed by atoms with E-state index in [1.54, 1.807) is 5.01 Å². The van der Waals surface area contributed by atoms with Gasteiger partial charge in [-0.2, -0.15) is 5.10 Å². The molecule has 5 heteroatoms. The molecule has 0 aromatic heterocycles. The summed E-state index contributed by atoms with van der Waals surface area (Å²) >= 11 is 0. The summed E-state index contributed by atoms with van der Waals surface area (Å²) < 4.78 is 0. The first-order chi connectivity index (χ1) is 11.1. The number of benzene rings is 1. The predicted octanol–water partition coefficient (Wildman–Crippen LogP) is 1.72. The predicted molar refractivity (Wildman–Crippen MR) is 90.2 cm³/mol. The zero-order valence-electron chi connectivity index (χ0n) is 13.7. The molecule has 1 N–H and O–H groups in total. The summed E-state index contributed by atoms with van der Waals surface area (Å²) in [6, 6.07) is 10.0. The van der Waals surface area contributed by atoms with Crippen LogP contribution < -0.4 is 0 Å². The van der Waals surface area contributed by atoms with E-state index in [0.717, 1.165) is 43.6 Å². The first kappa shape index (κ1) is 16.1. The average molecular weight is 315 g/mol. The highest BCUT2D eigenvalue weighted by molar-refractivity contribution is 6.02. The normalized spacial score (nSPS) is 21.3. The number of rotatable bonds is 4. The Bertz CT molecular complexity index is 563. The molecular weight excluding hydrogens is 290 g/mol. The van der Waals surface area contributed by atoms with Crippen LogP contribution in [0.2, 0.25) is 0 Å². The third-order valence-electron chi connectivity index (χ3n) is 4.87. The maximum atomic E-state index is 12.4. The van der Waals surface area contributed by atoms with Gasteiger partial charge in [0.05, 0.1) is 24.9 Å². The Hall–Kier alpha value is -1.72. The van der Waals surface area contributed by atoms with Gasteiger partial charge in [0.25, 0.3) is 5.91 Å². The summed E-state index contributed by atoms with van der Waals surface area (Å²) in [5, 5.41) is 15.8. The van der Waals surface area contributed by atoms with Crippen LogP contribution in [0.3, 0.4) is 0 Å². The molecule has 2 aliphatic heterocycles. The van der Waals surface area contributed by atoms with Crippen LogP contribution in [-0.2, 0) is 4.79 Å². The van der Waals surface area contributed by atoms with Gasteiger partial charge in [-0.1, -0.05) is 30.3 Å². The van der Waals surface area contributed by atoms with E-state index in [0.29, 0.717) is 19.0 Å². The second-order valence-corrected chi connectivity index (χ2v) is 6.53. The molecule has 23 heavy (non-hydrogen) atoms. The van der Waals surface area contributed by atoms with Crippen LogP contribution in [0.1, 0.15) is 31.7 Å². The van der Waals surface area contributed by atoms with Crippen LogP contribution in [0.25, 0.3) is 0 Å². The fourth-order valence-electron chi connectivity index (χ4n) is 3.34. The van der Waals surface area contributed by atoms with E-state index in [9.17, 15) is 9.90 Å². The standard InChI is InChI=1S/C18H25N3O2/c1-14(22)15-7-10-20(11-8-15)13-18(23)21-12-9-17(19-21)16-5-3-2-4-6-16/h2-6,14-15,22H,7-13H2,1H3. The van der Waals surface area contributed by atoms with Crippen molar-refractivity contribution in [3.8, 4) is 0 Å². The minimum atomic E-state index is -0.246. The van der Waals surface area contributed by atoms with Gasteiger partial charge in [0.1, 0.15) is 0 Å². The van der Waals surface area contributed by atoms with Crippen LogP contribution in [0.5, 0.6) is 0 Å². The molecule has 1 aromatic carbocycles. The second-order valence-electron chi connectivity index (χ2n) is 6.53. The van der Waals surface area contributed by atoms with Crippen molar-refractivity contribution >= 4 is 11.6 Å². The molecule has 0 radical (unpaired) electrons. The van der Waals surface area contributed by atoms with Crippen molar-refractivity contribution in [2.75, 3.05) is 26.2 Å². The van der Waals surface area contributed by atoms with E-state index in [4.69, 9.17) is 0 Å². The molecule has 1 atom stereocenters. The van der Waals surface area contributed by atoms with E-state index in [2.05, 4.69) is 10.0 Å². The molecule has 1 amide bonds. The lowest BCUT2D eigenvalue weighted by molar-refractivity contribution is -0.132. The molecule has 0 saturated carbocycles. The third-order valence-corrected chi connectivity index (χ3v) is 4.87. The SMILES string of the molecule is CC(O)C1CCN(CC(=O)N2CCC(c3ccccc3)=N2)CC1. The third kappa shape index (κ3) is 3.98. The Morgan fingerprint density at radius 3 is 2.61 bits per heavy atom. The first-order valence-corrected chi connectivity index (χ1v) is 8.47. The van der Waals surface area contributed by atoms with Crippen molar-refractivity contribution in [1.29, 1.82) is 0 Å². The number of aliphatic hydroxyl groups excluding tert-OH is 1. The highest BCUT2D eigenvalue weighted by Gasteiger charge is 2.27. The summed E-state index contributed by atoms with van der Waals surface area (Å²) in [7, 11) is 0.